The lowest BCUT2D eigenvalue weighted by atomic mass is 10.1. The first-order valence-corrected chi connectivity index (χ1v) is 14.1. The fourth-order valence-corrected chi connectivity index (χ4v) is 5.52. The van der Waals surface area contributed by atoms with E-state index in [-0.39, 0.29) is 12.5 Å². The minimum atomic E-state index is -0.161. The summed E-state index contributed by atoms with van der Waals surface area (Å²) < 4.78 is 1.89. The zero-order valence-electron chi connectivity index (χ0n) is 21.0. The van der Waals surface area contributed by atoms with Gasteiger partial charge in [-0.05, 0) is 66.8 Å². The van der Waals surface area contributed by atoms with Crippen LogP contribution in [0, 0.1) is 6.92 Å². The largest absolute Gasteiger partial charge is 0.345 e. The smallest absolute Gasteiger partial charge is 0.251 e. The molecule has 4 rings (SSSR count). The van der Waals surface area contributed by atoms with E-state index < -0.39 is 0 Å². The van der Waals surface area contributed by atoms with E-state index in [1.807, 2.05) is 47.0 Å². The fourth-order valence-electron chi connectivity index (χ4n) is 3.99. The quantitative estimate of drug-likeness (QED) is 0.152. The maximum atomic E-state index is 12.9. The highest BCUT2D eigenvalue weighted by molar-refractivity contribution is 7.98. The van der Waals surface area contributed by atoms with Gasteiger partial charge in [-0.15, -0.1) is 10.2 Å². The van der Waals surface area contributed by atoms with Crippen molar-refractivity contribution in [1.82, 2.24) is 20.1 Å². The molecule has 0 atom stereocenters. The summed E-state index contributed by atoms with van der Waals surface area (Å²) in [5.41, 5.74) is 5.01. The van der Waals surface area contributed by atoms with Gasteiger partial charge in [-0.2, -0.15) is 0 Å². The summed E-state index contributed by atoms with van der Waals surface area (Å²) in [6.07, 6.45) is 4.60. The third kappa shape index (κ3) is 7.16. The van der Waals surface area contributed by atoms with Gasteiger partial charge in [-0.25, -0.2) is 0 Å². The van der Waals surface area contributed by atoms with Gasteiger partial charge in [0, 0.05) is 16.3 Å². The van der Waals surface area contributed by atoms with Crippen LogP contribution < -0.4 is 5.32 Å². The van der Waals surface area contributed by atoms with Gasteiger partial charge >= 0.3 is 0 Å². The highest BCUT2D eigenvalue weighted by atomic mass is 35.5. The minimum Gasteiger partial charge on any atom is -0.345 e. The van der Waals surface area contributed by atoms with Crippen LogP contribution in [0.3, 0.4) is 0 Å². The van der Waals surface area contributed by atoms with Gasteiger partial charge in [0.2, 0.25) is 0 Å². The van der Waals surface area contributed by atoms with E-state index in [9.17, 15) is 4.79 Å². The van der Waals surface area contributed by atoms with Crippen molar-refractivity contribution in [1.29, 1.82) is 0 Å². The van der Waals surface area contributed by atoms with Crippen molar-refractivity contribution in [3.8, 4) is 5.69 Å². The molecule has 0 saturated carbocycles. The van der Waals surface area contributed by atoms with Crippen LogP contribution in [0.15, 0.2) is 71.9 Å². The van der Waals surface area contributed by atoms with Gasteiger partial charge in [-0.1, -0.05) is 91.1 Å². The lowest BCUT2D eigenvalue weighted by molar-refractivity contribution is 0.0949. The summed E-state index contributed by atoms with van der Waals surface area (Å²) in [5, 5.41) is 13.5. The number of aryl methyl sites for hydroxylation is 2. The number of halogens is 2. The molecule has 0 aliphatic heterocycles. The van der Waals surface area contributed by atoms with E-state index in [0.29, 0.717) is 32.3 Å². The average Bonchev–Trinajstić information content (AvgIpc) is 3.30. The Morgan fingerprint density at radius 1 is 1.00 bits per heavy atom. The Hall–Kier alpha value is -2.80. The predicted molar refractivity (Wildman–Crippen MR) is 153 cm³/mol. The monoisotopic (exact) mass is 552 g/mol. The Balaban J connectivity index is 1.52. The van der Waals surface area contributed by atoms with Crippen LogP contribution in [0.5, 0.6) is 0 Å². The van der Waals surface area contributed by atoms with Crippen molar-refractivity contribution in [3.63, 3.8) is 0 Å². The van der Waals surface area contributed by atoms with Crippen LogP contribution in [-0.4, -0.2) is 20.7 Å². The molecule has 0 fully saturated rings. The molecule has 0 aliphatic rings. The second-order valence-electron chi connectivity index (χ2n) is 8.88. The first kappa shape index (κ1) is 27.2. The fraction of sp³-hybridized carbons (Fsp3) is 0.276. The minimum absolute atomic E-state index is 0.161. The van der Waals surface area contributed by atoms with Gasteiger partial charge in [0.05, 0.1) is 17.3 Å². The lowest BCUT2D eigenvalue weighted by Gasteiger charge is -2.13. The van der Waals surface area contributed by atoms with Gasteiger partial charge in [0.25, 0.3) is 5.91 Å². The van der Waals surface area contributed by atoms with E-state index in [1.165, 1.54) is 29.5 Å². The van der Waals surface area contributed by atoms with E-state index >= 15 is 0 Å². The van der Waals surface area contributed by atoms with Crippen molar-refractivity contribution >= 4 is 40.9 Å². The topological polar surface area (TPSA) is 59.8 Å². The lowest BCUT2D eigenvalue weighted by Crippen LogP contribution is -2.24. The van der Waals surface area contributed by atoms with Crippen LogP contribution in [0.2, 0.25) is 10.0 Å². The van der Waals surface area contributed by atoms with Gasteiger partial charge in [0.15, 0.2) is 11.0 Å². The van der Waals surface area contributed by atoms with Crippen LogP contribution in [0.1, 0.15) is 59.1 Å². The number of nitrogens with zero attached hydrogens (tertiary/aromatic N) is 3. The third-order valence-corrected chi connectivity index (χ3v) is 7.68. The number of unbranched alkanes of at least 4 members (excludes halogenated alkanes) is 2. The van der Waals surface area contributed by atoms with E-state index in [4.69, 9.17) is 23.2 Å². The Morgan fingerprint density at radius 3 is 2.51 bits per heavy atom. The second kappa shape index (κ2) is 13.1. The van der Waals surface area contributed by atoms with Gasteiger partial charge in [-0.3, -0.25) is 9.36 Å². The Kier molecular flexibility index (Phi) is 9.67. The number of carbonyl (C=O) groups excluding carboxylic acids is 1. The molecular formula is C29H30Cl2N4OS. The zero-order chi connectivity index (χ0) is 26.2. The van der Waals surface area contributed by atoms with Crippen LogP contribution in [0.4, 0.5) is 0 Å². The summed E-state index contributed by atoms with van der Waals surface area (Å²) >= 11 is 14.3. The van der Waals surface area contributed by atoms with E-state index in [1.54, 1.807) is 23.9 Å². The van der Waals surface area contributed by atoms with Crippen molar-refractivity contribution in [3.05, 3.63) is 105 Å². The van der Waals surface area contributed by atoms with E-state index in [2.05, 4.69) is 41.5 Å². The van der Waals surface area contributed by atoms with Crippen molar-refractivity contribution in [2.24, 2.45) is 0 Å². The molecule has 0 radical (unpaired) electrons. The number of hydrogen-bond acceptors (Lipinski definition) is 4. The zero-order valence-corrected chi connectivity index (χ0v) is 23.3. The molecule has 0 aliphatic carbocycles. The highest BCUT2D eigenvalue weighted by Gasteiger charge is 2.18. The standard InChI is InChI=1S/C29H30Cl2N4OS/c1-3-4-5-9-21-11-13-22(14-12-21)28(36)32-18-27-33-34-29(37-19-23-10-7-6-8-20(23)2)35(27)26-16-15-24(30)17-25(26)31/h6-8,10-17H,3-5,9,18-19H2,1-2H3,(H,32,36). The van der Waals surface area contributed by atoms with Crippen LogP contribution in [0.25, 0.3) is 5.69 Å². The van der Waals surface area contributed by atoms with Crippen molar-refractivity contribution in [2.45, 2.75) is 57.0 Å². The number of aromatic nitrogens is 3. The molecule has 0 spiro atoms. The number of benzene rings is 3. The summed E-state index contributed by atoms with van der Waals surface area (Å²) in [6, 6.07) is 21.4. The number of carbonyl (C=O) groups is 1. The average molecular weight is 554 g/mol. The number of rotatable bonds is 11. The molecule has 3 aromatic carbocycles. The number of nitrogens with one attached hydrogen (secondary N) is 1. The summed E-state index contributed by atoms with van der Waals surface area (Å²) in [6.45, 7) is 4.49. The molecule has 0 unspecified atom stereocenters. The second-order valence-corrected chi connectivity index (χ2v) is 10.7. The maximum absolute atomic E-state index is 12.9. The SMILES string of the molecule is CCCCCc1ccc(C(=O)NCc2nnc(SCc3ccccc3C)n2-c2ccc(Cl)cc2Cl)cc1. The van der Waals surface area contributed by atoms with Crippen LogP contribution in [-0.2, 0) is 18.7 Å². The molecule has 0 saturated heterocycles. The number of thioether (sulfide) groups is 1. The molecule has 1 N–H and O–H groups in total. The van der Waals surface area contributed by atoms with Gasteiger partial charge in [0.1, 0.15) is 0 Å². The molecule has 192 valence electrons. The molecule has 0 bridgehead atoms. The summed E-state index contributed by atoms with van der Waals surface area (Å²) in [4.78, 5) is 12.9. The highest BCUT2D eigenvalue weighted by Crippen LogP contribution is 2.31. The molecule has 4 aromatic rings. The Labute approximate surface area is 232 Å². The Morgan fingerprint density at radius 2 is 1.78 bits per heavy atom. The molecular weight excluding hydrogens is 523 g/mol. The summed E-state index contributed by atoms with van der Waals surface area (Å²) in [7, 11) is 0. The molecule has 8 heteroatoms. The normalized spacial score (nSPS) is 11.0. The Bertz CT molecular complexity index is 1350. The first-order chi connectivity index (χ1) is 18.0. The third-order valence-electron chi connectivity index (χ3n) is 6.16. The number of hydrogen-bond donors (Lipinski definition) is 1. The van der Waals surface area contributed by atoms with Crippen molar-refractivity contribution in [2.75, 3.05) is 0 Å². The van der Waals surface area contributed by atoms with Crippen molar-refractivity contribution < 1.29 is 4.79 Å². The van der Waals surface area contributed by atoms with Gasteiger partial charge < -0.3 is 5.32 Å². The van der Waals surface area contributed by atoms with E-state index in [0.717, 1.165) is 18.6 Å². The number of amides is 1. The molecule has 5 nitrogen and oxygen atoms in total. The summed E-state index contributed by atoms with van der Waals surface area (Å²) in [5.74, 6) is 1.15. The molecule has 37 heavy (non-hydrogen) atoms. The predicted octanol–water partition coefficient (Wildman–Crippen LogP) is 7.84. The molecule has 1 amide bonds. The first-order valence-electron chi connectivity index (χ1n) is 12.4. The van der Waals surface area contributed by atoms with Crippen LogP contribution >= 0.6 is 35.0 Å². The maximum Gasteiger partial charge on any atom is 0.251 e. The molecule has 1 aromatic heterocycles. The molecule has 1 heterocycles.